The molecule has 1 aromatic heterocycles. The van der Waals surface area contributed by atoms with Crippen LogP contribution in [0.15, 0.2) is 16.7 Å². The fourth-order valence-corrected chi connectivity index (χ4v) is 2.76. The first-order valence-electron chi connectivity index (χ1n) is 6.56. The molecular weight excluding hydrogens is 292 g/mol. The summed E-state index contributed by atoms with van der Waals surface area (Å²) in [5.74, 6) is 1.11. The van der Waals surface area contributed by atoms with Crippen molar-refractivity contribution < 1.29 is 0 Å². The Morgan fingerprint density at radius 2 is 2.00 bits per heavy atom. The highest BCUT2D eigenvalue weighted by atomic mass is 79.9. The van der Waals surface area contributed by atoms with Crippen molar-refractivity contribution in [3.05, 3.63) is 22.3 Å². The second-order valence-corrected chi connectivity index (χ2v) is 5.98. The van der Waals surface area contributed by atoms with Gasteiger partial charge >= 0.3 is 0 Å². The molecule has 18 heavy (non-hydrogen) atoms. The zero-order valence-electron chi connectivity index (χ0n) is 10.7. The second-order valence-electron chi connectivity index (χ2n) is 5.13. The number of nitrogens with zero attached hydrogens (tertiary/aromatic N) is 3. The Kier molecular flexibility index (Phi) is 3.54. The van der Waals surface area contributed by atoms with E-state index >= 15 is 0 Å². The smallest absolute Gasteiger partial charge is 0.128 e. The summed E-state index contributed by atoms with van der Waals surface area (Å²) < 4.78 is 1.09. The molecule has 3 heterocycles. The average molecular weight is 311 g/mol. The minimum Gasteiger partial charge on any atom is -0.354 e. The molecule has 4 nitrogen and oxygen atoms in total. The third kappa shape index (κ3) is 2.39. The molecule has 0 atom stereocenters. The lowest BCUT2D eigenvalue weighted by molar-refractivity contribution is 0.137. The molecule has 1 aromatic rings. The van der Waals surface area contributed by atoms with E-state index in [-0.39, 0.29) is 0 Å². The highest BCUT2D eigenvalue weighted by Crippen LogP contribution is 2.21. The van der Waals surface area contributed by atoms with Gasteiger partial charge in [0.15, 0.2) is 0 Å². The van der Waals surface area contributed by atoms with Crippen LogP contribution in [0.25, 0.3) is 0 Å². The summed E-state index contributed by atoms with van der Waals surface area (Å²) >= 11 is 3.50. The number of aryl methyl sites for hydroxylation is 1. The largest absolute Gasteiger partial charge is 0.354 e. The second kappa shape index (κ2) is 5.15. The maximum Gasteiger partial charge on any atom is 0.128 e. The molecule has 0 bridgehead atoms. The first-order chi connectivity index (χ1) is 8.74. The molecule has 0 saturated carbocycles. The summed E-state index contributed by atoms with van der Waals surface area (Å²) in [6.07, 6.45) is 1.91. The van der Waals surface area contributed by atoms with Crippen LogP contribution < -0.4 is 10.2 Å². The Bertz CT molecular complexity index is 425. The average Bonchev–Trinajstić information content (AvgIpc) is 2.32. The molecule has 3 rings (SSSR count). The van der Waals surface area contributed by atoms with Crippen molar-refractivity contribution in [2.45, 2.75) is 13.0 Å². The van der Waals surface area contributed by atoms with Crippen LogP contribution in [0.4, 0.5) is 5.82 Å². The van der Waals surface area contributed by atoms with Crippen LogP contribution in [0.3, 0.4) is 0 Å². The zero-order valence-corrected chi connectivity index (χ0v) is 12.3. The Morgan fingerprint density at radius 1 is 1.28 bits per heavy atom. The Balaban J connectivity index is 1.62. The van der Waals surface area contributed by atoms with Crippen LogP contribution in [0.1, 0.15) is 5.56 Å². The number of anilines is 1. The predicted octanol–water partition coefficient (Wildman–Crippen LogP) is 1.25. The van der Waals surface area contributed by atoms with Gasteiger partial charge in [-0.3, -0.25) is 4.90 Å². The zero-order chi connectivity index (χ0) is 12.5. The van der Waals surface area contributed by atoms with E-state index in [0.717, 1.165) is 55.6 Å². The van der Waals surface area contributed by atoms with Gasteiger partial charge in [0.2, 0.25) is 0 Å². The van der Waals surface area contributed by atoms with Crippen molar-refractivity contribution in [1.82, 2.24) is 15.2 Å². The van der Waals surface area contributed by atoms with Crippen LogP contribution in [0, 0.1) is 6.92 Å². The minimum absolute atomic E-state index is 0.770. The summed E-state index contributed by atoms with van der Waals surface area (Å²) in [5.41, 5.74) is 1.26. The summed E-state index contributed by atoms with van der Waals surface area (Å²) in [6.45, 7) is 8.93. The van der Waals surface area contributed by atoms with Crippen molar-refractivity contribution in [2.24, 2.45) is 0 Å². The number of hydrogen-bond donors (Lipinski definition) is 1. The number of halogens is 1. The molecule has 0 radical (unpaired) electrons. The van der Waals surface area contributed by atoms with Gasteiger partial charge in [-0.1, -0.05) is 0 Å². The van der Waals surface area contributed by atoms with E-state index < -0.39 is 0 Å². The number of piperazine rings is 1. The van der Waals surface area contributed by atoms with Gasteiger partial charge in [0.05, 0.1) is 0 Å². The fourth-order valence-electron chi connectivity index (χ4n) is 2.55. The Hall–Kier alpha value is -0.650. The van der Waals surface area contributed by atoms with E-state index in [1.165, 1.54) is 5.56 Å². The van der Waals surface area contributed by atoms with Gasteiger partial charge in [-0.25, -0.2) is 4.98 Å². The highest BCUT2D eigenvalue weighted by Gasteiger charge is 2.27. The molecule has 98 valence electrons. The first-order valence-corrected chi connectivity index (χ1v) is 7.35. The third-order valence-corrected chi connectivity index (χ3v) is 4.78. The van der Waals surface area contributed by atoms with Crippen LogP contribution in [-0.4, -0.2) is 55.2 Å². The standard InChI is InChI=1S/C13H19BrN4/c1-10-6-13(16-9-12(10)14)18-4-2-17(3-5-18)11-7-15-8-11/h6,9,11,15H,2-5,7-8H2,1H3. The SMILES string of the molecule is Cc1cc(N2CCN(C3CNC3)CC2)ncc1Br. The van der Waals surface area contributed by atoms with Gasteiger partial charge in [-0.15, -0.1) is 0 Å². The van der Waals surface area contributed by atoms with E-state index in [9.17, 15) is 0 Å². The molecule has 1 N–H and O–H groups in total. The number of pyridine rings is 1. The lowest BCUT2D eigenvalue weighted by Gasteiger charge is -2.43. The number of rotatable bonds is 2. The van der Waals surface area contributed by atoms with Crippen LogP contribution >= 0.6 is 15.9 Å². The van der Waals surface area contributed by atoms with Crippen molar-refractivity contribution in [2.75, 3.05) is 44.2 Å². The monoisotopic (exact) mass is 310 g/mol. The van der Waals surface area contributed by atoms with Crippen molar-refractivity contribution >= 4 is 21.7 Å². The molecule has 2 saturated heterocycles. The molecule has 5 heteroatoms. The van der Waals surface area contributed by atoms with Crippen LogP contribution in [-0.2, 0) is 0 Å². The third-order valence-electron chi connectivity index (χ3n) is 3.95. The molecule has 2 aliphatic heterocycles. The normalized spacial score (nSPS) is 22.0. The van der Waals surface area contributed by atoms with E-state index in [4.69, 9.17) is 0 Å². The van der Waals surface area contributed by atoms with E-state index in [0.29, 0.717) is 0 Å². The van der Waals surface area contributed by atoms with Gasteiger partial charge in [-0.2, -0.15) is 0 Å². The van der Waals surface area contributed by atoms with Crippen LogP contribution in [0.5, 0.6) is 0 Å². The van der Waals surface area contributed by atoms with Gasteiger partial charge < -0.3 is 10.2 Å². The molecule has 0 unspecified atom stereocenters. The Morgan fingerprint density at radius 3 is 2.56 bits per heavy atom. The van der Waals surface area contributed by atoms with Crippen molar-refractivity contribution in [3.8, 4) is 0 Å². The molecule has 0 spiro atoms. The number of hydrogen-bond acceptors (Lipinski definition) is 4. The maximum absolute atomic E-state index is 4.52. The predicted molar refractivity (Wildman–Crippen MR) is 77.1 cm³/mol. The first kappa shape index (κ1) is 12.4. The van der Waals surface area contributed by atoms with Gasteiger partial charge in [0, 0.05) is 56.0 Å². The summed E-state index contributed by atoms with van der Waals surface area (Å²) in [6, 6.07) is 2.94. The molecule has 0 aliphatic carbocycles. The summed E-state index contributed by atoms with van der Waals surface area (Å²) in [4.78, 5) is 9.50. The van der Waals surface area contributed by atoms with Gasteiger partial charge in [0.25, 0.3) is 0 Å². The lowest BCUT2D eigenvalue weighted by atomic mass is 10.1. The summed E-state index contributed by atoms with van der Waals surface area (Å²) in [5, 5.41) is 3.34. The topological polar surface area (TPSA) is 31.4 Å². The van der Waals surface area contributed by atoms with Gasteiger partial charge in [-0.05, 0) is 34.5 Å². The highest BCUT2D eigenvalue weighted by molar-refractivity contribution is 9.10. The van der Waals surface area contributed by atoms with Crippen molar-refractivity contribution in [3.63, 3.8) is 0 Å². The molecule has 0 amide bonds. The van der Waals surface area contributed by atoms with E-state index in [1.807, 2.05) is 6.20 Å². The quantitative estimate of drug-likeness (QED) is 0.891. The van der Waals surface area contributed by atoms with Crippen LogP contribution in [0.2, 0.25) is 0 Å². The number of nitrogens with one attached hydrogen (secondary N) is 1. The molecular formula is C13H19BrN4. The molecule has 2 fully saturated rings. The lowest BCUT2D eigenvalue weighted by Crippen LogP contribution is -2.61. The van der Waals surface area contributed by atoms with E-state index in [2.05, 4.69) is 49.0 Å². The van der Waals surface area contributed by atoms with E-state index in [1.54, 1.807) is 0 Å². The number of aromatic nitrogens is 1. The van der Waals surface area contributed by atoms with Gasteiger partial charge in [0.1, 0.15) is 5.82 Å². The van der Waals surface area contributed by atoms with Crippen molar-refractivity contribution in [1.29, 1.82) is 0 Å². The maximum atomic E-state index is 4.52. The fraction of sp³-hybridized carbons (Fsp3) is 0.615. The summed E-state index contributed by atoms with van der Waals surface area (Å²) in [7, 11) is 0. The molecule has 0 aromatic carbocycles. The minimum atomic E-state index is 0.770. The Labute approximate surface area is 116 Å². The molecule has 2 aliphatic rings.